The lowest BCUT2D eigenvalue weighted by Gasteiger charge is -2.23. The van der Waals surface area contributed by atoms with Crippen molar-refractivity contribution in [2.24, 2.45) is 0 Å². The van der Waals surface area contributed by atoms with Crippen LogP contribution in [0.15, 0.2) is 12.1 Å². The summed E-state index contributed by atoms with van der Waals surface area (Å²) in [4.78, 5) is 36.8. The third kappa shape index (κ3) is 6.99. The summed E-state index contributed by atoms with van der Waals surface area (Å²) in [6, 6.07) is 1.87. The van der Waals surface area contributed by atoms with Gasteiger partial charge < -0.3 is 24.2 Å². The number of likely N-dealkylation sites (tertiary alicyclic amines) is 1. The van der Waals surface area contributed by atoms with Gasteiger partial charge in [0, 0.05) is 12.6 Å². The van der Waals surface area contributed by atoms with Crippen LogP contribution in [-0.2, 0) is 9.53 Å². The van der Waals surface area contributed by atoms with Crippen LogP contribution in [0.4, 0.5) is 5.69 Å². The third-order valence-corrected chi connectivity index (χ3v) is 4.85. The summed E-state index contributed by atoms with van der Waals surface area (Å²) in [5, 5.41) is 21.0. The minimum atomic E-state index is -1.74. The molecule has 1 aliphatic heterocycles. The van der Waals surface area contributed by atoms with Crippen LogP contribution in [0.25, 0.3) is 0 Å². The molecular formula is C18H21Cl3N2O8. The molecule has 1 aliphatic rings. The van der Waals surface area contributed by atoms with Crippen LogP contribution in [-0.4, -0.2) is 70.1 Å². The highest BCUT2D eigenvalue weighted by molar-refractivity contribution is 6.67. The number of amides is 1. The average molecular weight is 500 g/mol. The van der Waals surface area contributed by atoms with Crippen molar-refractivity contribution >= 4 is 52.4 Å². The van der Waals surface area contributed by atoms with Gasteiger partial charge in [-0.25, -0.2) is 0 Å². The number of benzene rings is 1. The van der Waals surface area contributed by atoms with E-state index in [0.717, 1.165) is 6.07 Å². The molecule has 10 nitrogen and oxygen atoms in total. The number of nitro groups is 1. The molecule has 2 rings (SSSR count). The van der Waals surface area contributed by atoms with Gasteiger partial charge in [-0.15, -0.1) is 0 Å². The molecule has 0 unspecified atom stereocenters. The van der Waals surface area contributed by atoms with Crippen LogP contribution in [0.2, 0.25) is 0 Å². The van der Waals surface area contributed by atoms with E-state index in [1.807, 2.05) is 0 Å². The van der Waals surface area contributed by atoms with E-state index in [0.29, 0.717) is 19.4 Å². The molecule has 1 saturated heterocycles. The normalized spacial score (nSPS) is 16.2. The fourth-order valence-corrected chi connectivity index (χ4v) is 3.23. The number of hydrogen-bond acceptors (Lipinski definition) is 8. The Morgan fingerprint density at radius 2 is 2.03 bits per heavy atom. The van der Waals surface area contributed by atoms with E-state index in [4.69, 9.17) is 49.0 Å². The smallest absolute Gasteiger partial charge is 0.309 e. The Hall–Kier alpha value is -2.01. The van der Waals surface area contributed by atoms with E-state index >= 15 is 0 Å². The first kappa shape index (κ1) is 25.3. The van der Waals surface area contributed by atoms with Crippen LogP contribution < -0.4 is 9.47 Å². The number of methoxy groups -OCH3 is 1. The Morgan fingerprint density at radius 3 is 2.61 bits per heavy atom. The van der Waals surface area contributed by atoms with Gasteiger partial charge in [-0.05, 0) is 12.8 Å². The molecule has 1 aromatic carbocycles. The van der Waals surface area contributed by atoms with Gasteiger partial charge in [0.15, 0.2) is 11.5 Å². The quantitative estimate of drug-likeness (QED) is 0.238. The summed E-state index contributed by atoms with van der Waals surface area (Å²) >= 11 is 16.5. The second-order valence-electron chi connectivity index (χ2n) is 6.63. The minimum Gasteiger partial charge on any atom is -0.493 e. The van der Waals surface area contributed by atoms with Crippen molar-refractivity contribution in [3.63, 3.8) is 0 Å². The molecule has 0 radical (unpaired) electrons. The number of halogens is 3. The molecule has 13 heteroatoms. The third-order valence-electron chi connectivity index (χ3n) is 4.52. The van der Waals surface area contributed by atoms with Gasteiger partial charge in [-0.1, -0.05) is 34.8 Å². The zero-order valence-electron chi connectivity index (χ0n) is 16.5. The van der Waals surface area contributed by atoms with Gasteiger partial charge in [0.2, 0.25) is 3.79 Å². The average Bonchev–Trinajstić information content (AvgIpc) is 3.19. The van der Waals surface area contributed by atoms with Gasteiger partial charge in [-0.3, -0.25) is 19.7 Å². The van der Waals surface area contributed by atoms with Crippen LogP contribution in [0.1, 0.15) is 29.6 Å². The van der Waals surface area contributed by atoms with E-state index in [9.17, 15) is 24.8 Å². The molecule has 0 bridgehead atoms. The first-order chi connectivity index (χ1) is 14.6. The highest BCUT2D eigenvalue weighted by Gasteiger charge is 2.34. The summed E-state index contributed by atoms with van der Waals surface area (Å²) in [6.07, 6.45) is 1.09. The van der Waals surface area contributed by atoms with Crippen molar-refractivity contribution in [1.82, 2.24) is 4.90 Å². The predicted molar refractivity (Wildman–Crippen MR) is 112 cm³/mol. The fourth-order valence-electron chi connectivity index (χ4n) is 3.07. The molecule has 1 N–H and O–H groups in total. The summed E-state index contributed by atoms with van der Waals surface area (Å²) in [5.74, 6) is -1.23. The van der Waals surface area contributed by atoms with Gasteiger partial charge in [0.05, 0.1) is 43.8 Å². The zero-order valence-corrected chi connectivity index (χ0v) is 18.8. The van der Waals surface area contributed by atoms with Gasteiger partial charge >= 0.3 is 5.97 Å². The molecule has 1 atom stereocenters. The molecule has 0 aromatic heterocycles. The van der Waals surface area contributed by atoms with Gasteiger partial charge in [0.1, 0.15) is 12.2 Å². The largest absolute Gasteiger partial charge is 0.493 e. The van der Waals surface area contributed by atoms with Gasteiger partial charge in [0.25, 0.3) is 11.6 Å². The summed E-state index contributed by atoms with van der Waals surface area (Å²) in [6.45, 7) is -0.476. The number of ether oxygens (including phenoxy) is 3. The van der Waals surface area contributed by atoms with Crippen LogP contribution >= 0.6 is 34.8 Å². The van der Waals surface area contributed by atoms with Crippen LogP contribution in [0, 0.1) is 10.1 Å². The number of rotatable bonds is 9. The van der Waals surface area contributed by atoms with Crippen molar-refractivity contribution in [3.05, 3.63) is 27.8 Å². The first-order valence-electron chi connectivity index (χ1n) is 9.20. The highest BCUT2D eigenvalue weighted by atomic mass is 35.6. The topological polar surface area (TPSA) is 128 Å². The van der Waals surface area contributed by atoms with E-state index < -0.39 is 38.9 Å². The molecule has 1 aromatic rings. The Balaban J connectivity index is 2.16. The summed E-state index contributed by atoms with van der Waals surface area (Å²) in [5.41, 5.74) is -0.667. The lowest BCUT2D eigenvalue weighted by molar-refractivity contribution is -0.385. The summed E-state index contributed by atoms with van der Waals surface area (Å²) in [7, 11) is 1.31. The van der Waals surface area contributed by atoms with E-state index in [1.54, 1.807) is 0 Å². The maximum absolute atomic E-state index is 12.9. The molecule has 0 aliphatic carbocycles. The van der Waals surface area contributed by atoms with Crippen molar-refractivity contribution in [2.75, 3.05) is 33.5 Å². The number of aliphatic hydroxyl groups is 1. The van der Waals surface area contributed by atoms with Crippen LogP contribution in [0.5, 0.6) is 11.5 Å². The van der Waals surface area contributed by atoms with Crippen molar-refractivity contribution in [2.45, 2.75) is 29.1 Å². The Labute approximate surface area is 193 Å². The van der Waals surface area contributed by atoms with E-state index in [-0.39, 0.29) is 36.7 Å². The second-order valence-corrected chi connectivity index (χ2v) is 9.14. The SMILES string of the molecule is COc1cc(C(=O)N2CCC[C@H]2CO)c([N+](=O)[O-])cc1OCCC(=O)OCC(Cl)(Cl)Cl. The molecule has 0 spiro atoms. The standard InChI is InChI=1S/C18H21Cl3N2O8/c1-29-14-7-12(17(26)22-5-2-3-11(22)9-24)13(23(27)28)8-15(14)30-6-4-16(25)31-10-18(19,20)21/h7-8,11,24H,2-6,9-10H2,1H3/t11-/m0/s1. The number of nitrogens with zero attached hydrogens (tertiary/aromatic N) is 2. The molecule has 0 saturated carbocycles. The molecule has 1 amide bonds. The number of hydrogen-bond donors (Lipinski definition) is 1. The summed E-state index contributed by atoms with van der Waals surface area (Å²) < 4.78 is 13.7. The minimum absolute atomic E-state index is 0.0277. The Morgan fingerprint density at radius 1 is 1.32 bits per heavy atom. The monoisotopic (exact) mass is 498 g/mol. The predicted octanol–water partition coefficient (Wildman–Crippen LogP) is 2.88. The number of carbonyl (C=O) groups excluding carboxylic acids is 2. The van der Waals surface area contributed by atoms with Gasteiger partial charge in [-0.2, -0.15) is 0 Å². The highest BCUT2D eigenvalue weighted by Crippen LogP contribution is 2.36. The molecule has 31 heavy (non-hydrogen) atoms. The number of carbonyl (C=O) groups is 2. The van der Waals surface area contributed by atoms with E-state index in [2.05, 4.69) is 0 Å². The lowest BCUT2D eigenvalue weighted by atomic mass is 10.1. The Bertz CT molecular complexity index is 831. The number of alkyl halides is 3. The van der Waals surface area contributed by atoms with E-state index in [1.165, 1.54) is 18.1 Å². The first-order valence-corrected chi connectivity index (χ1v) is 10.3. The number of esters is 1. The number of aliphatic hydroxyl groups excluding tert-OH is 1. The molecule has 1 fully saturated rings. The number of nitro benzene ring substituents is 1. The molecule has 1 heterocycles. The molecular weight excluding hydrogens is 479 g/mol. The molecule has 172 valence electrons. The Kier molecular flexibility index (Phi) is 8.99. The van der Waals surface area contributed by atoms with Crippen molar-refractivity contribution in [1.29, 1.82) is 0 Å². The fraction of sp³-hybridized carbons (Fsp3) is 0.556. The maximum Gasteiger partial charge on any atom is 0.309 e. The second kappa shape index (κ2) is 11.0. The zero-order chi connectivity index (χ0) is 23.2. The van der Waals surface area contributed by atoms with Crippen molar-refractivity contribution in [3.8, 4) is 11.5 Å². The lowest BCUT2D eigenvalue weighted by Crippen LogP contribution is -2.37. The van der Waals surface area contributed by atoms with Crippen LogP contribution in [0.3, 0.4) is 0 Å². The maximum atomic E-state index is 12.9. The van der Waals surface area contributed by atoms with Crippen molar-refractivity contribution < 1.29 is 33.8 Å².